The Hall–Kier alpha value is -3.29. The Kier molecular flexibility index (Phi) is 8.05. The fraction of sp³-hybridized carbons (Fsp3) is 0.231. The lowest BCUT2D eigenvalue weighted by Crippen LogP contribution is -2.40. The molecule has 1 saturated heterocycles. The van der Waals surface area contributed by atoms with E-state index in [2.05, 4.69) is 0 Å². The molecular weight excluding hydrogens is 545 g/mol. The summed E-state index contributed by atoms with van der Waals surface area (Å²) in [5.41, 5.74) is 2.27. The van der Waals surface area contributed by atoms with Gasteiger partial charge in [-0.15, -0.1) is 22.7 Å². The van der Waals surface area contributed by atoms with Crippen molar-refractivity contribution < 1.29 is 22.6 Å². The summed E-state index contributed by atoms with van der Waals surface area (Å²) >= 11 is 3.06. The molecule has 5 rings (SSSR count). The van der Waals surface area contributed by atoms with Crippen molar-refractivity contribution in [3.63, 3.8) is 0 Å². The fourth-order valence-electron chi connectivity index (χ4n) is 3.88. The smallest absolute Gasteiger partial charge is 0.243 e. The molecule has 1 aliphatic heterocycles. The zero-order chi connectivity index (χ0) is 26.5. The molecule has 2 aromatic carbocycles. The van der Waals surface area contributed by atoms with Crippen LogP contribution in [0.3, 0.4) is 0 Å². The molecule has 0 aliphatic carbocycles. The number of methoxy groups -OCH3 is 2. The molecule has 0 N–H and O–H groups in total. The molecule has 0 radical (unpaired) electrons. The maximum atomic E-state index is 13.0. The van der Waals surface area contributed by atoms with Gasteiger partial charge in [0.25, 0.3) is 0 Å². The van der Waals surface area contributed by atoms with Crippen molar-refractivity contribution in [3.05, 3.63) is 75.7 Å². The van der Waals surface area contributed by atoms with Gasteiger partial charge >= 0.3 is 0 Å². The van der Waals surface area contributed by atoms with E-state index in [1.165, 1.54) is 15.6 Å². The van der Waals surface area contributed by atoms with Crippen LogP contribution in [0.1, 0.15) is 5.56 Å². The van der Waals surface area contributed by atoms with Gasteiger partial charge in [-0.1, -0.05) is 6.07 Å². The van der Waals surface area contributed by atoms with Crippen molar-refractivity contribution >= 4 is 44.6 Å². The van der Waals surface area contributed by atoms with E-state index in [1.807, 2.05) is 41.1 Å². The molecule has 38 heavy (non-hydrogen) atoms. The molecule has 2 aromatic heterocycles. The van der Waals surface area contributed by atoms with Gasteiger partial charge in [0.05, 0.1) is 54.8 Å². The van der Waals surface area contributed by atoms with E-state index in [0.717, 1.165) is 16.1 Å². The first-order valence-electron chi connectivity index (χ1n) is 11.7. The zero-order valence-electron chi connectivity index (χ0n) is 20.8. The number of hydrogen-bond acceptors (Lipinski definition) is 9. The van der Waals surface area contributed by atoms with Crippen LogP contribution in [0.5, 0.6) is 11.5 Å². The third-order valence-electron chi connectivity index (χ3n) is 5.88. The number of benzene rings is 2. The highest BCUT2D eigenvalue weighted by Crippen LogP contribution is 2.27. The molecular formula is C26H26N4O5S3. The maximum Gasteiger partial charge on any atom is 0.243 e. The molecule has 0 saturated carbocycles. The third kappa shape index (κ3) is 5.59. The molecule has 1 fully saturated rings. The Balaban J connectivity index is 1.52. The van der Waals surface area contributed by atoms with Crippen molar-refractivity contribution in [2.45, 2.75) is 4.90 Å². The van der Waals surface area contributed by atoms with E-state index < -0.39 is 10.0 Å². The molecule has 0 atom stereocenters. The lowest BCUT2D eigenvalue weighted by Gasteiger charge is -2.26. The minimum Gasteiger partial charge on any atom is -0.497 e. The SMILES string of the molecule is COc1ccc(OC)c(C=Nn2c(-c3cccs3)csc2=Nc2ccc(S(=O)(=O)N3CCOCC3)cc2)c1. The summed E-state index contributed by atoms with van der Waals surface area (Å²) in [5.74, 6) is 1.36. The van der Waals surface area contributed by atoms with Gasteiger partial charge < -0.3 is 14.2 Å². The summed E-state index contributed by atoms with van der Waals surface area (Å²) in [6, 6.07) is 16.1. The Morgan fingerprint density at radius 1 is 1.00 bits per heavy atom. The topological polar surface area (TPSA) is 94.7 Å². The average molecular weight is 571 g/mol. The van der Waals surface area contributed by atoms with Crippen LogP contribution in [0.15, 0.2) is 80.3 Å². The highest BCUT2D eigenvalue weighted by atomic mass is 32.2. The molecule has 0 amide bonds. The number of aromatic nitrogens is 1. The van der Waals surface area contributed by atoms with Crippen molar-refractivity contribution in [3.8, 4) is 22.1 Å². The molecule has 0 bridgehead atoms. The fourth-order valence-corrected chi connectivity index (χ4v) is 6.94. The van der Waals surface area contributed by atoms with Crippen LogP contribution in [0.2, 0.25) is 0 Å². The van der Waals surface area contributed by atoms with Crippen LogP contribution in [0.4, 0.5) is 5.69 Å². The van der Waals surface area contributed by atoms with Crippen LogP contribution in [-0.2, 0) is 14.8 Å². The predicted molar refractivity (Wildman–Crippen MR) is 149 cm³/mol. The van der Waals surface area contributed by atoms with E-state index in [1.54, 1.807) is 60.7 Å². The molecule has 198 valence electrons. The van der Waals surface area contributed by atoms with Crippen molar-refractivity contribution in [2.24, 2.45) is 10.1 Å². The Morgan fingerprint density at radius 3 is 2.47 bits per heavy atom. The van der Waals surface area contributed by atoms with Gasteiger partial charge in [-0.2, -0.15) is 9.41 Å². The standard InChI is InChI=1S/C26H26N4O5S3/c1-33-21-7-10-24(34-2)19(16-21)17-27-30-23(25-4-3-15-36-25)18-37-26(30)28-20-5-8-22(9-6-20)38(31,32)29-11-13-35-14-12-29/h3-10,15-18H,11-14H2,1-2H3. The van der Waals surface area contributed by atoms with Gasteiger partial charge in [0.1, 0.15) is 11.5 Å². The van der Waals surface area contributed by atoms with E-state index in [4.69, 9.17) is 24.3 Å². The average Bonchev–Trinajstić information content (AvgIpc) is 3.62. The van der Waals surface area contributed by atoms with Gasteiger partial charge in [-0.25, -0.2) is 18.1 Å². The van der Waals surface area contributed by atoms with Gasteiger partial charge in [-0.3, -0.25) is 0 Å². The first-order chi connectivity index (χ1) is 18.5. The number of nitrogens with zero attached hydrogens (tertiary/aromatic N) is 4. The lowest BCUT2D eigenvalue weighted by molar-refractivity contribution is 0.0730. The van der Waals surface area contributed by atoms with Crippen molar-refractivity contribution in [2.75, 3.05) is 40.5 Å². The lowest BCUT2D eigenvalue weighted by atomic mass is 10.2. The summed E-state index contributed by atoms with van der Waals surface area (Å²) in [4.78, 5) is 6.70. The normalized spacial score (nSPS) is 15.3. The number of morpholine rings is 1. The predicted octanol–water partition coefficient (Wildman–Crippen LogP) is 4.43. The first kappa shape index (κ1) is 26.3. The Labute approximate surface area is 228 Å². The minimum absolute atomic E-state index is 0.236. The summed E-state index contributed by atoms with van der Waals surface area (Å²) in [5, 5.41) is 8.77. The first-order valence-corrected chi connectivity index (χ1v) is 14.9. The summed E-state index contributed by atoms with van der Waals surface area (Å²) < 4.78 is 45.3. The van der Waals surface area contributed by atoms with Crippen LogP contribution >= 0.6 is 22.7 Å². The van der Waals surface area contributed by atoms with Gasteiger partial charge in [0.15, 0.2) is 0 Å². The monoisotopic (exact) mass is 570 g/mol. The molecule has 3 heterocycles. The highest BCUT2D eigenvalue weighted by molar-refractivity contribution is 7.89. The molecule has 9 nitrogen and oxygen atoms in total. The zero-order valence-corrected chi connectivity index (χ0v) is 23.3. The van der Waals surface area contributed by atoms with Crippen LogP contribution in [0, 0.1) is 0 Å². The Morgan fingerprint density at radius 2 is 1.79 bits per heavy atom. The second kappa shape index (κ2) is 11.6. The maximum absolute atomic E-state index is 13.0. The van der Waals surface area contributed by atoms with Crippen LogP contribution in [-0.4, -0.2) is 64.1 Å². The largest absolute Gasteiger partial charge is 0.497 e. The summed E-state index contributed by atoms with van der Waals surface area (Å²) in [6.45, 7) is 1.51. The third-order valence-corrected chi connectivity index (χ3v) is 9.50. The molecule has 12 heteroatoms. The quantitative estimate of drug-likeness (QED) is 0.292. The van der Waals surface area contributed by atoms with Gasteiger partial charge in [0.2, 0.25) is 14.8 Å². The van der Waals surface area contributed by atoms with Crippen molar-refractivity contribution in [1.82, 2.24) is 8.98 Å². The minimum atomic E-state index is -3.57. The van der Waals surface area contributed by atoms with E-state index in [-0.39, 0.29) is 4.90 Å². The number of thiazole rings is 1. The number of rotatable bonds is 8. The van der Waals surface area contributed by atoms with E-state index in [9.17, 15) is 8.42 Å². The number of thiophene rings is 1. The van der Waals surface area contributed by atoms with Gasteiger partial charge in [-0.05, 0) is 53.9 Å². The highest BCUT2D eigenvalue weighted by Gasteiger charge is 2.26. The second-order valence-corrected chi connectivity index (χ2v) is 11.9. The number of hydrogen-bond donors (Lipinski definition) is 0. The molecule has 0 unspecified atom stereocenters. The van der Waals surface area contributed by atoms with E-state index in [0.29, 0.717) is 48.3 Å². The summed E-state index contributed by atoms with van der Waals surface area (Å²) in [6.07, 6.45) is 1.71. The summed E-state index contributed by atoms with van der Waals surface area (Å²) in [7, 11) is -0.353. The van der Waals surface area contributed by atoms with Gasteiger partial charge in [0, 0.05) is 24.0 Å². The van der Waals surface area contributed by atoms with Crippen LogP contribution in [0.25, 0.3) is 10.6 Å². The molecule has 1 aliphatic rings. The van der Waals surface area contributed by atoms with E-state index >= 15 is 0 Å². The molecule has 0 spiro atoms. The number of sulfonamides is 1. The second-order valence-electron chi connectivity index (χ2n) is 8.17. The van der Waals surface area contributed by atoms with Crippen molar-refractivity contribution in [1.29, 1.82) is 0 Å². The van der Waals surface area contributed by atoms with Crippen LogP contribution < -0.4 is 14.3 Å². The molecule has 4 aromatic rings. The Bertz CT molecular complexity index is 1580. The number of ether oxygens (including phenoxy) is 3.